The molecule has 0 atom stereocenters. The van der Waals surface area contributed by atoms with E-state index in [9.17, 15) is 27.6 Å². The Hall–Kier alpha value is -3.51. The number of carbonyl (C=O) groups is 2. The van der Waals surface area contributed by atoms with Crippen LogP contribution in [0.3, 0.4) is 0 Å². The van der Waals surface area contributed by atoms with Gasteiger partial charge in [-0.25, -0.2) is 17.9 Å². The highest BCUT2D eigenvalue weighted by Crippen LogP contribution is 2.09. The molecule has 34 heavy (non-hydrogen) atoms. The molecule has 1 aromatic carbocycles. The van der Waals surface area contributed by atoms with E-state index in [1.54, 1.807) is 12.1 Å². The van der Waals surface area contributed by atoms with Crippen molar-refractivity contribution in [2.24, 2.45) is 13.0 Å². The fourth-order valence-corrected chi connectivity index (χ4v) is 3.66. The summed E-state index contributed by atoms with van der Waals surface area (Å²) in [6.45, 7) is 4.16. The second-order valence-corrected chi connectivity index (χ2v) is 9.73. The van der Waals surface area contributed by atoms with Crippen LogP contribution in [-0.2, 0) is 33.1 Å². The van der Waals surface area contributed by atoms with Crippen LogP contribution in [0.5, 0.6) is 0 Å². The zero-order chi connectivity index (χ0) is 25.6. The van der Waals surface area contributed by atoms with Crippen LogP contribution in [0.1, 0.15) is 35.3 Å². The molecular weight excluding hydrogens is 464 g/mol. The number of anilines is 1. The molecule has 0 amide bonds. The zero-order valence-electron chi connectivity index (χ0n) is 19.4. The number of aromatic nitrogens is 2. The SMILES string of the molecule is Cc1ccc(C=CS(=O)(=O)NCC(=O)OCC(=O)c2c(N)n(CC(C)C)c(=O)n(C)c2=O)cc1. The second-order valence-electron chi connectivity index (χ2n) is 8.07. The van der Waals surface area contributed by atoms with E-state index in [2.05, 4.69) is 0 Å². The van der Waals surface area contributed by atoms with Gasteiger partial charge in [0.15, 0.2) is 6.61 Å². The van der Waals surface area contributed by atoms with E-state index >= 15 is 0 Å². The van der Waals surface area contributed by atoms with Crippen LogP contribution in [0, 0.1) is 12.8 Å². The van der Waals surface area contributed by atoms with E-state index in [0.717, 1.165) is 20.1 Å². The molecule has 0 aliphatic rings. The molecule has 1 aromatic heterocycles. The number of hydrogen-bond donors (Lipinski definition) is 2. The van der Waals surface area contributed by atoms with Gasteiger partial charge in [0.05, 0.1) is 0 Å². The number of ketones is 1. The first-order valence-electron chi connectivity index (χ1n) is 10.3. The fraction of sp³-hybridized carbons (Fsp3) is 0.364. The topological polar surface area (TPSA) is 160 Å². The number of carbonyl (C=O) groups excluding carboxylic acids is 2. The van der Waals surface area contributed by atoms with E-state index in [0.29, 0.717) is 5.56 Å². The number of nitrogen functional groups attached to an aromatic ring is 1. The van der Waals surface area contributed by atoms with Gasteiger partial charge in [0.2, 0.25) is 15.8 Å². The van der Waals surface area contributed by atoms with Crippen LogP contribution < -0.4 is 21.7 Å². The van der Waals surface area contributed by atoms with Gasteiger partial charge in [0, 0.05) is 19.0 Å². The molecular formula is C22H28N4O7S. The van der Waals surface area contributed by atoms with E-state index in [1.165, 1.54) is 13.1 Å². The number of rotatable bonds is 10. The van der Waals surface area contributed by atoms with Gasteiger partial charge in [0.1, 0.15) is 17.9 Å². The molecule has 0 bridgehead atoms. The van der Waals surface area contributed by atoms with Crippen molar-refractivity contribution < 1.29 is 22.7 Å². The number of benzene rings is 1. The third kappa shape index (κ3) is 6.99. The third-order valence-electron chi connectivity index (χ3n) is 4.71. The Balaban J connectivity index is 2.03. The lowest BCUT2D eigenvalue weighted by Crippen LogP contribution is -2.43. The largest absolute Gasteiger partial charge is 0.456 e. The number of esters is 1. The maximum absolute atomic E-state index is 12.5. The van der Waals surface area contributed by atoms with E-state index in [4.69, 9.17) is 10.5 Å². The Morgan fingerprint density at radius 1 is 1.18 bits per heavy atom. The summed E-state index contributed by atoms with van der Waals surface area (Å²) >= 11 is 0. The van der Waals surface area contributed by atoms with Crippen molar-refractivity contribution in [1.29, 1.82) is 0 Å². The van der Waals surface area contributed by atoms with Crippen LogP contribution in [-0.4, -0.2) is 42.5 Å². The molecule has 0 saturated carbocycles. The quantitative estimate of drug-likeness (QED) is 0.356. The number of hydrogen-bond acceptors (Lipinski definition) is 8. The predicted octanol–water partition coefficient (Wildman–Crippen LogP) is 0.410. The van der Waals surface area contributed by atoms with Crippen LogP contribution in [0.25, 0.3) is 6.08 Å². The van der Waals surface area contributed by atoms with Gasteiger partial charge in [-0.3, -0.25) is 23.5 Å². The summed E-state index contributed by atoms with van der Waals surface area (Å²) in [5.74, 6) is -2.26. The maximum atomic E-state index is 12.5. The number of Topliss-reactive ketones (excluding diaryl/α,β-unsaturated/α-hetero) is 1. The Kier molecular flexibility index (Phi) is 8.71. The number of sulfonamides is 1. The highest BCUT2D eigenvalue weighted by molar-refractivity contribution is 7.92. The summed E-state index contributed by atoms with van der Waals surface area (Å²) in [6.07, 6.45) is 1.36. The van der Waals surface area contributed by atoms with Crippen molar-refractivity contribution in [3.63, 3.8) is 0 Å². The van der Waals surface area contributed by atoms with Gasteiger partial charge in [-0.15, -0.1) is 0 Å². The lowest BCUT2D eigenvalue weighted by Gasteiger charge is -2.16. The number of nitrogens with zero attached hydrogens (tertiary/aromatic N) is 2. The second kappa shape index (κ2) is 11.1. The minimum Gasteiger partial charge on any atom is -0.456 e. The van der Waals surface area contributed by atoms with E-state index < -0.39 is 51.7 Å². The molecule has 1 heterocycles. The first kappa shape index (κ1) is 26.7. The van der Waals surface area contributed by atoms with Crippen molar-refractivity contribution in [2.75, 3.05) is 18.9 Å². The number of nitrogens with one attached hydrogen (secondary N) is 1. The Morgan fingerprint density at radius 3 is 2.38 bits per heavy atom. The molecule has 0 aliphatic carbocycles. The molecule has 0 saturated heterocycles. The molecule has 3 N–H and O–H groups in total. The fourth-order valence-electron chi connectivity index (χ4n) is 2.91. The van der Waals surface area contributed by atoms with Crippen molar-refractivity contribution in [3.05, 3.63) is 67.2 Å². The summed E-state index contributed by atoms with van der Waals surface area (Å²) < 4.78 is 32.8. The van der Waals surface area contributed by atoms with Gasteiger partial charge in [-0.1, -0.05) is 43.7 Å². The summed E-state index contributed by atoms with van der Waals surface area (Å²) in [5, 5.41) is 0.901. The Morgan fingerprint density at radius 2 is 1.79 bits per heavy atom. The standard InChI is InChI=1S/C22H28N4O7S/c1-14(2)12-26-20(23)19(21(29)25(4)22(26)30)17(27)13-33-18(28)11-24-34(31,32)10-9-16-7-5-15(3)6-8-16/h5-10,14,24H,11-13,23H2,1-4H3. The smallest absolute Gasteiger partial charge is 0.332 e. The van der Waals surface area contributed by atoms with Crippen LogP contribution in [0.4, 0.5) is 5.82 Å². The lowest BCUT2D eigenvalue weighted by molar-refractivity contribution is -0.141. The molecule has 0 aliphatic heterocycles. The summed E-state index contributed by atoms with van der Waals surface area (Å²) in [5.41, 5.74) is 5.53. The zero-order valence-corrected chi connectivity index (χ0v) is 20.2. The van der Waals surface area contributed by atoms with E-state index in [1.807, 2.05) is 37.6 Å². The molecule has 0 fully saturated rings. The van der Waals surface area contributed by atoms with Crippen molar-refractivity contribution in [1.82, 2.24) is 13.9 Å². The van der Waals surface area contributed by atoms with Gasteiger partial charge >= 0.3 is 11.7 Å². The summed E-state index contributed by atoms with van der Waals surface area (Å²) in [4.78, 5) is 49.2. The molecule has 0 spiro atoms. The first-order valence-corrected chi connectivity index (χ1v) is 11.9. The Bertz CT molecular complexity index is 1320. The van der Waals surface area contributed by atoms with Gasteiger partial charge in [-0.2, -0.15) is 0 Å². The number of nitrogens with two attached hydrogens (primary N) is 1. The van der Waals surface area contributed by atoms with Gasteiger partial charge in [0.25, 0.3) is 5.56 Å². The summed E-state index contributed by atoms with van der Waals surface area (Å²) in [7, 11) is -2.73. The summed E-state index contributed by atoms with van der Waals surface area (Å²) in [6, 6.07) is 7.12. The van der Waals surface area contributed by atoms with Gasteiger partial charge in [-0.05, 0) is 24.5 Å². The maximum Gasteiger partial charge on any atom is 0.332 e. The molecule has 184 valence electrons. The molecule has 11 nitrogen and oxygen atoms in total. The molecule has 2 rings (SSSR count). The highest BCUT2D eigenvalue weighted by atomic mass is 32.2. The van der Waals surface area contributed by atoms with Crippen molar-refractivity contribution in [2.45, 2.75) is 27.3 Å². The normalized spacial score (nSPS) is 11.8. The van der Waals surface area contributed by atoms with Crippen molar-refractivity contribution >= 4 is 33.7 Å². The average Bonchev–Trinajstić information content (AvgIpc) is 2.77. The lowest BCUT2D eigenvalue weighted by atomic mass is 10.1. The minimum atomic E-state index is -3.94. The predicted molar refractivity (Wildman–Crippen MR) is 128 cm³/mol. The molecule has 2 aromatic rings. The molecule has 0 unspecified atom stereocenters. The monoisotopic (exact) mass is 492 g/mol. The van der Waals surface area contributed by atoms with Crippen LogP contribution in [0.2, 0.25) is 0 Å². The molecule has 0 radical (unpaired) electrons. The first-order chi connectivity index (χ1) is 15.8. The Labute approximate surface area is 196 Å². The van der Waals surface area contributed by atoms with Crippen LogP contribution >= 0.6 is 0 Å². The number of aryl methyl sites for hydroxylation is 1. The van der Waals surface area contributed by atoms with Gasteiger partial charge < -0.3 is 10.5 Å². The average molecular weight is 493 g/mol. The van der Waals surface area contributed by atoms with E-state index in [-0.39, 0.29) is 18.3 Å². The number of ether oxygens (including phenoxy) is 1. The van der Waals surface area contributed by atoms with Crippen LogP contribution in [0.15, 0.2) is 39.3 Å². The minimum absolute atomic E-state index is 0.00589. The molecule has 12 heteroatoms. The van der Waals surface area contributed by atoms with Crippen molar-refractivity contribution in [3.8, 4) is 0 Å². The highest BCUT2D eigenvalue weighted by Gasteiger charge is 2.23. The third-order valence-corrected chi connectivity index (χ3v) is 5.75.